The molecule has 9 heteroatoms. The molecule has 1 atom stereocenters. The molecule has 1 heterocycles. The Hall–Kier alpha value is -3.75. The van der Waals surface area contributed by atoms with Crippen LogP contribution < -0.4 is 10.6 Å². The van der Waals surface area contributed by atoms with Gasteiger partial charge >= 0.3 is 6.03 Å². The van der Waals surface area contributed by atoms with Crippen LogP contribution in [0.3, 0.4) is 0 Å². The molecule has 1 aliphatic heterocycles. The summed E-state index contributed by atoms with van der Waals surface area (Å²) in [5, 5.41) is 5.19. The van der Waals surface area contributed by atoms with Gasteiger partial charge in [0.25, 0.3) is 11.8 Å². The molecular weight excluding hydrogens is 415 g/mol. The van der Waals surface area contributed by atoms with Crippen LogP contribution in [0.25, 0.3) is 0 Å². The fraction of sp³-hybridized carbons (Fsp3) is 0.304. The van der Waals surface area contributed by atoms with Gasteiger partial charge in [0.15, 0.2) is 0 Å². The Balaban J connectivity index is 1.66. The molecule has 32 heavy (non-hydrogen) atoms. The molecule has 1 saturated heterocycles. The van der Waals surface area contributed by atoms with Crippen molar-refractivity contribution in [3.8, 4) is 0 Å². The minimum Gasteiger partial charge on any atom is -0.339 e. The Morgan fingerprint density at radius 1 is 1.03 bits per heavy atom. The van der Waals surface area contributed by atoms with E-state index in [1.807, 2.05) is 13.8 Å². The van der Waals surface area contributed by atoms with Gasteiger partial charge in [0.05, 0.1) is 0 Å². The molecule has 0 radical (unpaired) electrons. The van der Waals surface area contributed by atoms with Gasteiger partial charge in [0.2, 0.25) is 5.91 Å². The first-order valence-corrected chi connectivity index (χ1v) is 10.3. The summed E-state index contributed by atoms with van der Waals surface area (Å²) in [6, 6.07) is 10.9. The van der Waals surface area contributed by atoms with Gasteiger partial charge in [0, 0.05) is 24.3 Å². The fourth-order valence-corrected chi connectivity index (χ4v) is 3.55. The van der Waals surface area contributed by atoms with E-state index in [0.29, 0.717) is 29.9 Å². The van der Waals surface area contributed by atoms with Crippen LogP contribution in [-0.2, 0) is 15.1 Å². The van der Waals surface area contributed by atoms with E-state index in [9.17, 15) is 23.6 Å². The Morgan fingerprint density at radius 3 is 2.19 bits per heavy atom. The number of benzene rings is 2. The first-order valence-electron chi connectivity index (χ1n) is 10.3. The van der Waals surface area contributed by atoms with Crippen LogP contribution in [0, 0.1) is 5.82 Å². The molecule has 2 N–H and O–H groups in total. The smallest absolute Gasteiger partial charge is 0.325 e. The summed E-state index contributed by atoms with van der Waals surface area (Å²) in [6.07, 6.45) is 0. The van der Waals surface area contributed by atoms with Crippen molar-refractivity contribution >= 4 is 29.4 Å². The van der Waals surface area contributed by atoms with E-state index in [2.05, 4.69) is 10.6 Å². The second kappa shape index (κ2) is 9.17. The number of imide groups is 1. The third kappa shape index (κ3) is 4.46. The highest BCUT2D eigenvalue weighted by atomic mass is 19.1. The third-order valence-corrected chi connectivity index (χ3v) is 5.46. The quantitative estimate of drug-likeness (QED) is 0.647. The molecule has 2 aromatic rings. The molecule has 1 aliphatic rings. The van der Waals surface area contributed by atoms with Gasteiger partial charge in [-0.25, -0.2) is 9.18 Å². The van der Waals surface area contributed by atoms with Crippen LogP contribution in [0.5, 0.6) is 0 Å². The monoisotopic (exact) mass is 440 g/mol. The van der Waals surface area contributed by atoms with Crippen LogP contribution in [0.4, 0.5) is 14.9 Å². The van der Waals surface area contributed by atoms with E-state index < -0.39 is 35.7 Å². The molecule has 0 aromatic heterocycles. The second-order valence-electron chi connectivity index (χ2n) is 7.56. The molecule has 2 aromatic carbocycles. The van der Waals surface area contributed by atoms with Crippen molar-refractivity contribution in [1.29, 1.82) is 0 Å². The highest BCUT2D eigenvalue weighted by Gasteiger charge is 2.49. The lowest BCUT2D eigenvalue weighted by atomic mass is 9.92. The van der Waals surface area contributed by atoms with Crippen LogP contribution in [0.2, 0.25) is 0 Å². The van der Waals surface area contributed by atoms with Gasteiger partial charge in [0.1, 0.15) is 17.9 Å². The standard InChI is InChI=1S/C23H25FN4O4/c1-4-27(5-2)20(30)15-6-12-18(13-7-15)25-19(29)14-28-21(31)23(3,26-22(28)32)16-8-10-17(24)11-9-16/h6-13H,4-5,14H2,1-3H3,(H,25,29)(H,26,32)/t23-/m0/s1. The SMILES string of the molecule is CCN(CC)C(=O)c1ccc(NC(=O)CN2C(=O)N[C@@](C)(c3ccc(F)cc3)C2=O)cc1. The number of rotatable bonds is 7. The molecule has 1 fully saturated rings. The van der Waals surface area contributed by atoms with Crippen LogP contribution in [-0.4, -0.2) is 53.2 Å². The summed E-state index contributed by atoms with van der Waals surface area (Å²) in [5.41, 5.74) is -0.0544. The number of hydrogen-bond donors (Lipinski definition) is 2. The number of urea groups is 1. The summed E-state index contributed by atoms with van der Waals surface area (Å²) >= 11 is 0. The maximum Gasteiger partial charge on any atom is 0.325 e. The number of halogens is 1. The number of hydrogen-bond acceptors (Lipinski definition) is 4. The largest absolute Gasteiger partial charge is 0.339 e. The van der Waals surface area contributed by atoms with Crippen molar-refractivity contribution in [3.63, 3.8) is 0 Å². The average molecular weight is 440 g/mol. The van der Waals surface area contributed by atoms with Crippen molar-refractivity contribution in [2.75, 3.05) is 25.0 Å². The maximum absolute atomic E-state index is 13.2. The molecule has 5 amide bonds. The summed E-state index contributed by atoms with van der Waals surface area (Å²) in [4.78, 5) is 52.6. The number of nitrogens with one attached hydrogen (secondary N) is 2. The molecule has 0 aliphatic carbocycles. The number of nitrogens with zero attached hydrogens (tertiary/aromatic N) is 2. The van der Waals surface area contributed by atoms with E-state index in [0.717, 1.165) is 4.90 Å². The summed E-state index contributed by atoms with van der Waals surface area (Å²) in [6.45, 7) is 6.00. The van der Waals surface area contributed by atoms with Gasteiger partial charge in [-0.3, -0.25) is 19.3 Å². The molecule has 8 nitrogen and oxygen atoms in total. The van der Waals surface area contributed by atoms with Crippen LogP contribution in [0.15, 0.2) is 48.5 Å². The molecule has 0 unspecified atom stereocenters. The summed E-state index contributed by atoms with van der Waals surface area (Å²) < 4.78 is 13.2. The van der Waals surface area contributed by atoms with E-state index in [4.69, 9.17) is 0 Å². The summed E-state index contributed by atoms with van der Waals surface area (Å²) in [5.74, 6) is -1.74. The fourth-order valence-electron chi connectivity index (χ4n) is 3.55. The highest BCUT2D eigenvalue weighted by molar-refractivity contribution is 6.10. The van der Waals surface area contributed by atoms with Crippen molar-refractivity contribution in [3.05, 3.63) is 65.5 Å². The van der Waals surface area contributed by atoms with Crippen molar-refractivity contribution in [2.24, 2.45) is 0 Å². The van der Waals surface area contributed by atoms with E-state index in [-0.39, 0.29) is 5.91 Å². The van der Waals surface area contributed by atoms with E-state index in [1.165, 1.54) is 31.2 Å². The number of carbonyl (C=O) groups excluding carboxylic acids is 4. The van der Waals surface area contributed by atoms with Gasteiger partial charge in [-0.15, -0.1) is 0 Å². The van der Waals surface area contributed by atoms with Gasteiger partial charge < -0.3 is 15.5 Å². The van der Waals surface area contributed by atoms with Crippen molar-refractivity contribution in [2.45, 2.75) is 26.3 Å². The zero-order valence-electron chi connectivity index (χ0n) is 18.1. The van der Waals surface area contributed by atoms with Gasteiger partial charge in [-0.05, 0) is 62.7 Å². The molecule has 3 rings (SSSR count). The normalized spacial score (nSPS) is 17.8. The molecule has 0 saturated carbocycles. The number of carbonyl (C=O) groups is 4. The Labute approximate surface area is 185 Å². The molecule has 0 spiro atoms. The zero-order chi connectivity index (χ0) is 23.5. The topological polar surface area (TPSA) is 98.8 Å². The van der Waals surface area contributed by atoms with Crippen molar-refractivity contribution in [1.82, 2.24) is 15.1 Å². The van der Waals surface area contributed by atoms with E-state index in [1.54, 1.807) is 29.2 Å². The average Bonchev–Trinajstić information content (AvgIpc) is 2.99. The predicted octanol–water partition coefficient (Wildman–Crippen LogP) is 2.71. The predicted molar refractivity (Wildman–Crippen MR) is 116 cm³/mol. The third-order valence-electron chi connectivity index (χ3n) is 5.46. The Kier molecular flexibility index (Phi) is 6.57. The Morgan fingerprint density at radius 2 is 1.62 bits per heavy atom. The minimum atomic E-state index is -1.39. The number of amides is 5. The lowest BCUT2D eigenvalue weighted by Crippen LogP contribution is -2.42. The highest BCUT2D eigenvalue weighted by Crippen LogP contribution is 2.28. The minimum absolute atomic E-state index is 0.104. The first kappa shape index (κ1) is 22.9. The summed E-state index contributed by atoms with van der Waals surface area (Å²) in [7, 11) is 0. The van der Waals surface area contributed by atoms with Gasteiger partial charge in [-0.2, -0.15) is 0 Å². The first-order chi connectivity index (χ1) is 15.2. The lowest BCUT2D eigenvalue weighted by Gasteiger charge is -2.22. The second-order valence-corrected chi connectivity index (χ2v) is 7.56. The Bertz CT molecular complexity index is 1030. The molecule has 0 bridgehead atoms. The van der Waals surface area contributed by atoms with Crippen LogP contribution in [0.1, 0.15) is 36.7 Å². The zero-order valence-corrected chi connectivity index (χ0v) is 18.1. The maximum atomic E-state index is 13.2. The van der Waals surface area contributed by atoms with Crippen LogP contribution >= 0.6 is 0 Å². The van der Waals surface area contributed by atoms with Gasteiger partial charge in [-0.1, -0.05) is 12.1 Å². The molecular formula is C23H25FN4O4. The molecule has 168 valence electrons. The number of anilines is 1. The lowest BCUT2D eigenvalue weighted by molar-refractivity contribution is -0.133. The van der Waals surface area contributed by atoms with E-state index >= 15 is 0 Å². The van der Waals surface area contributed by atoms with Crippen molar-refractivity contribution < 1.29 is 23.6 Å².